The predicted octanol–water partition coefficient (Wildman–Crippen LogP) is 2.10. The molecular weight excluding hydrogens is 228 g/mol. The van der Waals surface area contributed by atoms with Crippen molar-refractivity contribution in [2.75, 3.05) is 19.0 Å². The van der Waals surface area contributed by atoms with Crippen molar-refractivity contribution >= 4 is 5.69 Å². The molecule has 0 aliphatic carbocycles. The fourth-order valence-corrected chi connectivity index (χ4v) is 1.70. The molecule has 0 aliphatic rings. The van der Waals surface area contributed by atoms with E-state index in [2.05, 4.69) is 22.3 Å². The fraction of sp³-hybridized carbons (Fsp3) is 0.385. The Hall–Kier alpha value is -1.88. The van der Waals surface area contributed by atoms with E-state index in [9.17, 15) is 0 Å². The molecular formula is C13H18N4O. The summed E-state index contributed by atoms with van der Waals surface area (Å²) in [7, 11) is 1.72. The largest absolute Gasteiger partial charge is 0.385 e. The van der Waals surface area contributed by atoms with Crippen molar-refractivity contribution in [2.45, 2.75) is 19.4 Å². The lowest BCUT2D eigenvalue weighted by atomic mass is 10.2. The van der Waals surface area contributed by atoms with Crippen LogP contribution >= 0.6 is 0 Å². The number of benzene rings is 1. The van der Waals surface area contributed by atoms with Crippen molar-refractivity contribution in [3.05, 3.63) is 36.9 Å². The minimum absolute atomic E-state index is 0.391. The minimum atomic E-state index is 0.391. The molecule has 18 heavy (non-hydrogen) atoms. The number of nitrogens with one attached hydrogen (secondary N) is 1. The SMILES string of the molecule is COCCC(C)Nc1ccc(-n2cncn2)cc1. The van der Waals surface area contributed by atoms with Gasteiger partial charge in [0.25, 0.3) is 0 Å². The van der Waals surface area contributed by atoms with Crippen LogP contribution in [0.25, 0.3) is 5.69 Å². The lowest BCUT2D eigenvalue weighted by Gasteiger charge is -2.15. The summed E-state index contributed by atoms with van der Waals surface area (Å²) in [5, 5.41) is 7.51. The molecule has 0 saturated carbocycles. The first-order valence-electron chi connectivity index (χ1n) is 6.00. The Kier molecular flexibility index (Phi) is 4.30. The van der Waals surface area contributed by atoms with Crippen LogP contribution in [0.15, 0.2) is 36.9 Å². The van der Waals surface area contributed by atoms with Crippen LogP contribution in [0.1, 0.15) is 13.3 Å². The molecule has 2 rings (SSSR count). The summed E-state index contributed by atoms with van der Waals surface area (Å²) in [5.41, 5.74) is 2.10. The summed E-state index contributed by atoms with van der Waals surface area (Å²) in [4.78, 5) is 3.93. The number of hydrogen-bond acceptors (Lipinski definition) is 4. The van der Waals surface area contributed by atoms with Gasteiger partial charge in [0.2, 0.25) is 0 Å². The third-order valence-electron chi connectivity index (χ3n) is 2.72. The highest BCUT2D eigenvalue weighted by Crippen LogP contribution is 2.13. The number of nitrogens with zero attached hydrogens (tertiary/aromatic N) is 3. The van der Waals surface area contributed by atoms with E-state index in [0.29, 0.717) is 6.04 Å². The Labute approximate surface area is 107 Å². The zero-order valence-corrected chi connectivity index (χ0v) is 10.7. The topological polar surface area (TPSA) is 52.0 Å². The average molecular weight is 246 g/mol. The van der Waals surface area contributed by atoms with Crippen molar-refractivity contribution in [3.8, 4) is 5.69 Å². The molecule has 1 aromatic carbocycles. The van der Waals surface area contributed by atoms with Gasteiger partial charge in [-0.3, -0.25) is 0 Å². The molecule has 1 aromatic heterocycles. The van der Waals surface area contributed by atoms with Crippen molar-refractivity contribution in [1.29, 1.82) is 0 Å². The van der Waals surface area contributed by atoms with E-state index in [1.807, 2.05) is 24.3 Å². The average Bonchev–Trinajstić information content (AvgIpc) is 2.91. The number of hydrogen-bond donors (Lipinski definition) is 1. The molecule has 0 saturated heterocycles. The lowest BCUT2D eigenvalue weighted by molar-refractivity contribution is 0.191. The first-order valence-corrected chi connectivity index (χ1v) is 6.00. The number of aromatic nitrogens is 3. The van der Waals surface area contributed by atoms with Crippen molar-refractivity contribution in [1.82, 2.24) is 14.8 Å². The van der Waals surface area contributed by atoms with Gasteiger partial charge in [0, 0.05) is 25.4 Å². The minimum Gasteiger partial charge on any atom is -0.385 e. The molecule has 0 bridgehead atoms. The van der Waals surface area contributed by atoms with Gasteiger partial charge in [0.15, 0.2) is 0 Å². The zero-order chi connectivity index (χ0) is 12.8. The van der Waals surface area contributed by atoms with E-state index < -0.39 is 0 Å². The van der Waals surface area contributed by atoms with Crippen molar-refractivity contribution in [2.24, 2.45) is 0 Å². The van der Waals surface area contributed by atoms with Gasteiger partial charge in [0.1, 0.15) is 12.7 Å². The number of methoxy groups -OCH3 is 1. The van der Waals surface area contributed by atoms with Crippen LogP contribution < -0.4 is 5.32 Å². The van der Waals surface area contributed by atoms with Gasteiger partial charge < -0.3 is 10.1 Å². The molecule has 1 N–H and O–H groups in total. The molecule has 0 amide bonds. The molecule has 0 spiro atoms. The molecule has 0 fully saturated rings. The van der Waals surface area contributed by atoms with E-state index in [4.69, 9.17) is 4.74 Å². The van der Waals surface area contributed by atoms with E-state index in [0.717, 1.165) is 24.4 Å². The summed E-state index contributed by atoms with van der Waals surface area (Å²) in [6.45, 7) is 2.91. The maximum absolute atomic E-state index is 5.06. The van der Waals surface area contributed by atoms with Gasteiger partial charge in [-0.15, -0.1) is 0 Å². The molecule has 5 nitrogen and oxygen atoms in total. The second-order valence-electron chi connectivity index (χ2n) is 4.21. The summed E-state index contributed by atoms with van der Waals surface area (Å²) in [6.07, 6.45) is 4.20. The normalized spacial score (nSPS) is 12.3. The zero-order valence-electron chi connectivity index (χ0n) is 10.7. The third-order valence-corrected chi connectivity index (χ3v) is 2.72. The second-order valence-corrected chi connectivity index (χ2v) is 4.21. The number of rotatable bonds is 6. The summed E-state index contributed by atoms with van der Waals surface area (Å²) < 4.78 is 6.79. The molecule has 96 valence electrons. The maximum atomic E-state index is 5.06. The maximum Gasteiger partial charge on any atom is 0.138 e. The first kappa shape index (κ1) is 12.6. The number of anilines is 1. The Balaban J connectivity index is 1.95. The molecule has 0 aliphatic heterocycles. The summed E-state index contributed by atoms with van der Waals surface area (Å²) in [5.74, 6) is 0. The molecule has 5 heteroatoms. The lowest BCUT2D eigenvalue weighted by Crippen LogP contribution is -2.17. The highest BCUT2D eigenvalue weighted by molar-refractivity contribution is 5.48. The Bertz CT molecular complexity index is 452. The first-order chi connectivity index (χ1) is 8.79. The van der Waals surface area contributed by atoms with Gasteiger partial charge in [-0.2, -0.15) is 5.10 Å². The molecule has 2 aromatic rings. The van der Waals surface area contributed by atoms with Crippen LogP contribution in [0.3, 0.4) is 0 Å². The molecule has 1 heterocycles. The van der Waals surface area contributed by atoms with Crippen LogP contribution in [-0.2, 0) is 4.74 Å². The predicted molar refractivity (Wildman–Crippen MR) is 70.9 cm³/mol. The fourth-order valence-electron chi connectivity index (χ4n) is 1.70. The Morgan fingerprint density at radius 1 is 1.33 bits per heavy atom. The van der Waals surface area contributed by atoms with Gasteiger partial charge in [-0.05, 0) is 37.6 Å². The summed E-state index contributed by atoms with van der Waals surface area (Å²) >= 11 is 0. The van der Waals surface area contributed by atoms with E-state index in [-0.39, 0.29) is 0 Å². The molecule has 1 unspecified atom stereocenters. The standard InChI is InChI=1S/C13H18N4O/c1-11(7-8-18-2)16-12-3-5-13(6-4-12)17-10-14-9-15-17/h3-6,9-11,16H,7-8H2,1-2H3. The molecule has 1 atom stereocenters. The second kappa shape index (κ2) is 6.16. The highest BCUT2D eigenvalue weighted by atomic mass is 16.5. The van der Waals surface area contributed by atoms with Crippen molar-refractivity contribution in [3.63, 3.8) is 0 Å². The van der Waals surface area contributed by atoms with Crippen LogP contribution in [0.5, 0.6) is 0 Å². The Morgan fingerprint density at radius 3 is 2.72 bits per heavy atom. The third kappa shape index (κ3) is 3.30. The monoisotopic (exact) mass is 246 g/mol. The van der Waals surface area contributed by atoms with Crippen LogP contribution in [0.2, 0.25) is 0 Å². The Morgan fingerprint density at radius 2 is 2.11 bits per heavy atom. The van der Waals surface area contributed by atoms with Gasteiger partial charge in [0.05, 0.1) is 5.69 Å². The van der Waals surface area contributed by atoms with Gasteiger partial charge in [-0.25, -0.2) is 9.67 Å². The van der Waals surface area contributed by atoms with E-state index in [1.165, 1.54) is 6.33 Å². The quantitative estimate of drug-likeness (QED) is 0.848. The van der Waals surface area contributed by atoms with Crippen LogP contribution in [0.4, 0.5) is 5.69 Å². The highest BCUT2D eigenvalue weighted by Gasteiger charge is 2.02. The molecule has 0 radical (unpaired) electrons. The van der Waals surface area contributed by atoms with Gasteiger partial charge in [-0.1, -0.05) is 0 Å². The van der Waals surface area contributed by atoms with Crippen LogP contribution in [0, 0.1) is 0 Å². The van der Waals surface area contributed by atoms with Gasteiger partial charge >= 0.3 is 0 Å². The smallest absolute Gasteiger partial charge is 0.138 e. The van der Waals surface area contributed by atoms with E-state index >= 15 is 0 Å². The summed E-state index contributed by atoms with van der Waals surface area (Å²) in [6, 6.07) is 8.50. The number of ether oxygens (including phenoxy) is 1. The van der Waals surface area contributed by atoms with Crippen LogP contribution in [-0.4, -0.2) is 34.5 Å². The van der Waals surface area contributed by atoms with Crippen molar-refractivity contribution < 1.29 is 4.74 Å². The van der Waals surface area contributed by atoms with E-state index in [1.54, 1.807) is 18.1 Å².